The van der Waals surface area contributed by atoms with Gasteiger partial charge in [0.25, 0.3) is 0 Å². The van der Waals surface area contributed by atoms with Crippen LogP contribution in [0.3, 0.4) is 0 Å². The van der Waals surface area contributed by atoms with Crippen molar-refractivity contribution in [3.05, 3.63) is 35.5 Å². The molecule has 0 aliphatic carbocycles. The number of aromatic nitrogens is 1. The maximum Gasteiger partial charge on any atom is 0.171 e. The molecule has 0 aromatic carbocycles. The Morgan fingerprint density at radius 3 is 1.69 bits per heavy atom. The number of pyridine rings is 1. The third-order valence-electron chi connectivity index (χ3n) is 4.78. The second kappa shape index (κ2) is 20.3. The summed E-state index contributed by atoms with van der Waals surface area (Å²) in [5, 5.41) is 8.47. The van der Waals surface area contributed by atoms with Crippen molar-refractivity contribution in [3.8, 4) is 0 Å². The van der Waals surface area contributed by atoms with Crippen LogP contribution in [0, 0.1) is 6.92 Å². The van der Waals surface area contributed by atoms with Gasteiger partial charge in [0.15, 0.2) is 12.4 Å². The zero-order valence-electron chi connectivity index (χ0n) is 17.2. The summed E-state index contributed by atoms with van der Waals surface area (Å²) in [6.07, 6.45) is 24.5. The van der Waals surface area contributed by atoms with Crippen molar-refractivity contribution >= 4 is 17.4 Å². The van der Waals surface area contributed by atoms with Crippen LogP contribution in [0.4, 0.5) is 0 Å². The molecule has 0 N–H and O–H groups in total. The monoisotopic (exact) mass is 376 g/mol. The van der Waals surface area contributed by atoms with E-state index in [4.69, 9.17) is 5.41 Å². The third-order valence-corrected chi connectivity index (χ3v) is 4.78. The van der Waals surface area contributed by atoms with Gasteiger partial charge in [0, 0.05) is 18.1 Å². The lowest BCUT2D eigenvalue weighted by Crippen LogP contribution is -2.32. The second-order valence-electron chi connectivity index (χ2n) is 7.31. The Balaban J connectivity index is 0.00000194. The van der Waals surface area contributed by atoms with Crippen LogP contribution in [-0.4, -0.2) is 5.16 Å². The summed E-state index contributed by atoms with van der Waals surface area (Å²) >= 11 is 3.70. The van der Waals surface area contributed by atoms with Crippen LogP contribution in [0.15, 0.2) is 24.5 Å². The summed E-state index contributed by atoms with van der Waals surface area (Å²) in [5.41, 5.74) is 1.36. The van der Waals surface area contributed by atoms with Crippen molar-refractivity contribution in [2.45, 2.75) is 110 Å². The first-order valence-electron chi connectivity index (χ1n) is 10.7. The minimum absolute atomic E-state index is 1.18. The van der Waals surface area contributed by atoms with Crippen molar-refractivity contribution in [2.75, 3.05) is 0 Å². The molecular formula is C23H40N2S. The van der Waals surface area contributed by atoms with E-state index in [0.29, 0.717) is 0 Å². The third kappa shape index (κ3) is 17.8. The topological polar surface area (TPSA) is 26.2 Å². The molecule has 1 aromatic rings. The number of isothiocyanates is 1. The first-order chi connectivity index (χ1) is 12.7. The summed E-state index contributed by atoms with van der Waals surface area (Å²) in [6, 6.07) is 4.32. The number of thiocarbonyl (C=S) groups is 1. The molecule has 0 saturated carbocycles. The molecule has 0 spiro atoms. The Morgan fingerprint density at radius 2 is 1.27 bits per heavy atom. The van der Waals surface area contributed by atoms with Crippen LogP contribution in [0.1, 0.15) is 102 Å². The van der Waals surface area contributed by atoms with Gasteiger partial charge in [-0.05, 0) is 19.4 Å². The lowest BCUT2D eigenvalue weighted by molar-refractivity contribution is -0.697. The maximum absolute atomic E-state index is 7.13. The Bertz CT molecular complexity index is 453. The summed E-state index contributed by atoms with van der Waals surface area (Å²) < 4.78 is 2.33. The fourth-order valence-electron chi connectivity index (χ4n) is 3.28. The van der Waals surface area contributed by atoms with Crippen molar-refractivity contribution in [1.29, 1.82) is 0 Å². The van der Waals surface area contributed by atoms with Gasteiger partial charge in [0.2, 0.25) is 0 Å². The minimum atomic E-state index is 1.18. The van der Waals surface area contributed by atoms with E-state index < -0.39 is 0 Å². The number of hydrogen-bond acceptors (Lipinski definition) is 1. The highest BCUT2D eigenvalue weighted by atomic mass is 32.1. The molecule has 0 saturated heterocycles. The molecule has 3 heteroatoms. The van der Waals surface area contributed by atoms with Gasteiger partial charge in [-0.15, -0.1) is 0 Å². The maximum atomic E-state index is 7.13. The molecule has 0 fully saturated rings. The van der Waals surface area contributed by atoms with E-state index in [0.717, 1.165) is 0 Å². The molecule has 0 atom stereocenters. The van der Waals surface area contributed by atoms with Gasteiger partial charge in [-0.2, -0.15) is 5.16 Å². The lowest BCUT2D eigenvalue weighted by atomic mass is 10.0. The molecule has 148 valence electrons. The zero-order valence-corrected chi connectivity index (χ0v) is 18.0. The first-order valence-corrected chi connectivity index (χ1v) is 11.1. The van der Waals surface area contributed by atoms with Crippen LogP contribution in [0.2, 0.25) is 0 Å². The summed E-state index contributed by atoms with van der Waals surface area (Å²) in [4.78, 5) is 0. The average Bonchev–Trinajstić information content (AvgIpc) is 2.63. The highest BCUT2D eigenvalue weighted by Crippen LogP contribution is 2.12. The molecule has 2 nitrogen and oxygen atoms in total. The largest absolute Gasteiger partial charge is 0.753 e. The summed E-state index contributed by atoms with van der Waals surface area (Å²) in [6.45, 7) is 5.64. The molecule has 1 aromatic heterocycles. The zero-order chi connectivity index (χ0) is 19.3. The Hall–Kier alpha value is -1.05. The first kappa shape index (κ1) is 24.9. The van der Waals surface area contributed by atoms with E-state index in [1.807, 2.05) is 0 Å². The summed E-state index contributed by atoms with van der Waals surface area (Å²) in [7, 11) is 0. The van der Waals surface area contributed by atoms with Gasteiger partial charge in [-0.25, -0.2) is 4.57 Å². The number of rotatable bonds is 15. The van der Waals surface area contributed by atoms with Crippen molar-refractivity contribution < 1.29 is 4.57 Å². The fourth-order valence-corrected chi connectivity index (χ4v) is 3.28. The molecule has 0 amide bonds. The smallest absolute Gasteiger partial charge is 0.171 e. The van der Waals surface area contributed by atoms with E-state index in [1.54, 1.807) is 0 Å². The van der Waals surface area contributed by atoms with Gasteiger partial charge < -0.3 is 5.41 Å². The van der Waals surface area contributed by atoms with Crippen LogP contribution in [0.25, 0.3) is 5.41 Å². The van der Waals surface area contributed by atoms with Gasteiger partial charge >= 0.3 is 0 Å². The second-order valence-corrected chi connectivity index (χ2v) is 7.49. The van der Waals surface area contributed by atoms with Gasteiger partial charge in [-0.1, -0.05) is 96.2 Å². The average molecular weight is 377 g/mol. The standard InChI is InChI=1S/C22H40N.CNS/c1-3-4-5-6-7-8-9-10-11-12-13-14-15-16-19-23-20-17-18-22(2)21-23;2-1-3/h17-18,20-21H,3-16,19H2,1-2H3;/q+1;-1. The molecular weight excluding hydrogens is 336 g/mol. The van der Waals surface area contributed by atoms with Crippen LogP contribution in [0.5, 0.6) is 0 Å². The quantitative estimate of drug-likeness (QED) is 0.135. The summed E-state index contributed by atoms with van der Waals surface area (Å²) in [5.74, 6) is 0. The molecule has 1 rings (SSSR count). The van der Waals surface area contributed by atoms with Crippen molar-refractivity contribution in [3.63, 3.8) is 0 Å². The number of hydrogen-bond donors (Lipinski definition) is 0. The lowest BCUT2D eigenvalue weighted by Gasteiger charge is -2.03. The Morgan fingerprint density at radius 1 is 0.846 bits per heavy atom. The molecule has 0 unspecified atom stereocenters. The van der Waals surface area contributed by atoms with Crippen LogP contribution in [-0.2, 0) is 6.54 Å². The van der Waals surface area contributed by atoms with Crippen molar-refractivity contribution in [1.82, 2.24) is 0 Å². The Labute approximate surface area is 167 Å². The molecule has 0 radical (unpaired) electrons. The van der Waals surface area contributed by atoms with E-state index in [1.165, 1.54) is 107 Å². The van der Waals surface area contributed by atoms with Crippen LogP contribution < -0.4 is 4.57 Å². The highest BCUT2D eigenvalue weighted by molar-refractivity contribution is 7.78. The molecule has 26 heavy (non-hydrogen) atoms. The van der Waals surface area contributed by atoms with Crippen LogP contribution >= 0.6 is 12.2 Å². The van der Waals surface area contributed by atoms with Gasteiger partial charge in [0.1, 0.15) is 6.54 Å². The molecule has 0 bridgehead atoms. The number of aryl methyl sites for hydroxylation is 2. The Kier molecular flexibility index (Phi) is 19.4. The minimum Gasteiger partial charge on any atom is -0.753 e. The molecule has 0 aliphatic rings. The molecule has 1 heterocycles. The SMILES string of the molecule is CCCCCCCCCCCCCCCC[n+]1cccc(C)c1.[N-]=C=S. The fraction of sp³-hybridized carbons (Fsp3) is 0.739. The van der Waals surface area contributed by atoms with E-state index in [-0.39, 0.29) is 0 Å². The van der Waals surface area contributed by atoms with Gasteiger partial charge in [-0.3, -0.25) is 0 Å². The molecule has 0 aliphatic heterocycles. The predicted octanol–water partition coefficient (Wildman–Crippen LogP) is 7.42. The van der Waals surface area contributed by atoms with Gasteiger partial charge in [0.05, 0.1) is 0 Å². The van der Waals surface area contributed by atoms with Crippen molar-refractivity contribution in [2.24, 2.45) is 0 Å². The van der Waals surface area contributed by atoms with E-state index in [2.05, 4.69) is 55.2 Å². The highest BCUT2D eigenvalue weighted by Gasteiger charge is 2.00. The predicted molar refractivity (Wildman–Crippen MR) is 118 cm³/mol. The number of nitrogens with zero attached hydrogens (tertiary/aromatic N) is 2. The number of unbranched alkanes of at least 4 members (excludes halogenated alkanes) is 13. The van der Waals surface area contributed by atoms with E-state index in [9.17, 15) is 0 Å². The normalized spacial score (nSPS) is 10.1. The van der Waals surface area contributed by atoms with E-state index >= 15 is 0 Å².